The second-order valence-electron chi connectivity index (χ2n) is 5.90. The molecule has 1 aliphatic rings. The molecule has 0 atom stereocenters. The molecule has 1 amide bonds. The lowest BCUT2D eigenvalue weighted by Gasteiger charge is -2.26. The van der Waals surface area contributed by atoms with Gasteiger partial charge < -0.3 is 9.88 Å². The molecule has 0 unspecified atom stereocenters. The predicted octanol–water partition coefficient (Wildman–Crippen LogP) is 3.34. The average Bonchev–Trinajstić information content (AvgIpc) is 2.76. The highest BCUT2D eigenvalue weighted by atomic mass is 16.2. The number of amides is 1. The third-order valence-electron chi connectivity index (χ3n) is 4.31. The fraction of sp³-hybridized carbons (Fsp3) is 0.471. The standard InChI is InChI=1S/C17H22N2O/c1-12-6-7-16-15(10-12)14(13(2)18-16)11-17(20)19-8-4-3-5-9-19/h6-7,10,18H,3-5,8-9,11H2,1-2H3. The van der Waals surface area contributed by atoms with Crippen LogP contribution in [0.5, 0.6) is 0 Å². The summed E-state index contributed by atoms with van der Waals surface area (Å²) in [6.07, 6.45) is 4.08. The predicted molar refractivity (Wildman–Crippen MR) is 81.9 cm³/mol. The second-order valence-corrected chi connectivity index (χ2v) is 5.90. The van der Waals surface area contributed by atoms with Gasteiger partial charge in [-0.05, 0) is 50.8 Å². The molecule has 20 heavy (non-hydrogen) atoms. The molecule has 2 aromatic rings. The van der Waals surface area contributed by atoms with E-state index in [0.717, 1.165) is 37.1 Å². The Morgan fingerprint density at radius 2 is 1.95 bits per heavy atom. The quantitative estimate of drug-likeness (QED) is 0.892. The maximum atomic E-state index is 12.5. The second kappa shape index (κ2) is 5.31. The van der Waals surface area contributed by atoms with Crippen molar-refractivity contribution in [3.63, 3.8) is 0 Å². The van der Waals surface area contributed by atoms with Crippen LogP contribution in [-0.2, 0) is 11.2 Å². The van der Waals surface area contributed by atoms with Gasteiger partial charge in [0.2, 0.25) is 5.91 Å². The van der Waals surface area contributed by atoms with Gasteiger partial charge in [-0.1, -0.05) is 11.6 Å². The summed E-state index contributed by atoms with van der Waals surface area (Å²) in [5.74, 6) is 0.273. The van der Waals surface area contributed by atoms with E-state index in [9.17, 15) is 4.79 Å². The van der Waals surface area contributed by atoms with Crippen LogP contribution in [0.25, 0.3) is 10.9 Å². The number of nitrogens with one attached hydrogen (secondary N) is 1. The van der Waals surface area contributed by atoms with Crippen LogP contribution in [-0.4, -0.2) is 28.9 Å². The summed E-state index contributed by atoms with van der Waals surface area (Å²) in [4.78, 5) is 17.9. The zero-order chi connectivity index (χ0) is 14.1. The molecule has 3 rings (SSSR count). The fourth-order valence-electron chi connectivity index (χ4n) is 3.13. The number of nitrogens with zero attached hydrogens (tertiary/aromatic N) is 1. The number of aryl methyl sites for hydroxylation is 2. The van der Waals surface area contributed by atoms with Crippen molar-refractivity contribution in [1.82, 2.24) is 9.88 Å². The van der Waals surface area contributed by atoms with E-state index < -0.39 is 0 Å². The summed E-state index contributed by atoms with van der Waals surface area (Å²) in [6.45, 7) is 6.02. The number of likely N-dealkylation sites (tertiary alicyclic amines) is 1. The smallest absolute Gasteiger partial charge is 0.227 e. The van der Waals surface area contributed by atoms with E-state index in [1.807, 2.05) is 4.90 Å². The van der Waals surface area contributed by atoms with Gasteiger partial charge in [0.15, 0.2) is 0 Å². The van der Waals surface area contributed by atoms with Gasteiger partial charge in [0, 0.05) is 29.7 Å². The molecular weight excluding hydrogens is 248 g/mol. The molecular formula is C17H22N2O. The average molecular weight is 270 g/mol. The zero-order valence-corrected chi connectivity index (χ0v) is 12.3. The van der Waals surface area contributed by atoms with Crippen molar-refractivity contribution in [3.05, 3.63) is 35.0 Å². The summed E-state index contributed by atoms with van der Waals surface area (Å²) in [6, 6.07) is 6.39. The minimum absolute atomic E-state index is 0.273. The Kier molecular flexibility index (Phi) is 3.51. The van der Waals surface area contributed by atoms with E-state index in [4.69, 9.17) is 0 Å². The molecule has 3 nitrogen and oxygen atoms in total. The Labute approximate surface area is 120 Å². The van der Waals surface area contributed by atoms with Crippen molar-refractivity contribution in [2.75, 3.05) is 13.1 Å². The van der Waals surface area contributed by atoms with Crippen molar-refractivity contribution >= 4 is 16.8 Å². The molecule has 1 N–H and O–H groups in total. The molecule has 0 spiro atoms. The molecule has 0 aliphatic carbocycles. The van der Waals surface area contributed by atoms with Gasteiger partial charge in [0.1, 0.15) is 0 Å². The van der Waals surface area contributed by atoms with Crippen molar-refractivity contribution in [2.45, 2.75) is 39.5 Å². The van der Waals surface area contributed by atoms with Crippen molar-refractivity contribution in [2.24, 2.45) is 0 Å². The van der Waals surface area contributed by atoms with E-state index >= 15 is 0 Å². The molecule has 106 valence electrons. The lowest BCUT2D eigenvalue weighted by molar-refractivity contribution is -0.131. The van der Waals surface area contributed by atoms with Crippen LogP contribution < -0.4 is 0 Å². The normalized spacial score (nSPS) is 15.8. The van der Waals surface area contributed by atoms with Gasteiger partial charge in [-0.15, -0.1) is 0 Å². The van der Waals surface area contributed by atoms with Gasteiger partial charge in [0.05, 0.1) is 6.42 Å². The largest absolute Gasteiger partial charge is 0.358 e. The first-order valence-corrected chi connectivity index (χ1v) is 7.51. The fourth-order valence-corrected chi connectivity index (χ4v) is 3.13. The first-order chi connectivity index (χ1) is 9.65. The molecule has 3 heteroatoms. The Hall–Kier alpha value is -1.77. The first kappa shape index (κ1) is 13.2. The van der Waals surface area contributed by atoms with Crippen molar-refractivity contribution < 1.29 is 4.79 Å². The molecule has 0 saturated carbocycles. The van der Waals surface area contributed by atoms with Crippen LogP contribution >= 0.6 is 0 Å². The van der Waals surface area contributed by atoms with Crippen LogP contribution in [0.4, 0.5) is 0 Å². The monoisotopic (exact) mass is 270 g/mol. The summed E-state index contributed by atoms with van der Waals surface area (Å²) < 4.78 is 0. The van der Waals surface area contributed by atoms with Crippen LogP contribution in [0.15, 0.2) is 18.2 Å². The maximum Gasteiger partial charge on any atom is 0.227 e. The SMILES string of the molecule is Cc1ccc2[nH]c(C)c(CC(=O)N3CCCCC3)c2c1. The lowest BCUT2D eigenvalue weighted by atomic mass is 10.0. The minimum Gasteiger partial charge on any atom is -0.358 e. The van der Waals surface area contributed by atoms with Gasteiger partial charge in [-0.25, -0.2) is 0 Å². The number of aromatic nitrogens is 1. The van der Waals surface area contributed by atoms with Gasteiger partial charge in [0.25, 0.3) is 0 Å². The van der Waals surface area contributed by atoms with Gasteiger partial charge in [-0.3, -0.25) is 4.79 Å². The third-order valence-corrected chi connectivity index (χ3v) is 4.31. The van der Waals surface area contributed by atoms with Gasteiger partial charge >= 0.3 is 0 Å². The number of H-pyrrole nitrogens is 1. The van der Waals surface area contributed by atoms with Gasteiger partial charge in [-0.2, -0.15) is 0 Å². The number of carbonyl (C=O) groups excluding carboxylic acids is 1. The van der Waals surface area contributed by atoms with Crippen LogP contribution in [0.3, 0.4) is 0 Å². The topological polar surface area (TPSA) is 36.1 Å². The summed E-state index contributed by atoms with van der Waals surface area (Å²) in [5.41, 5.74) is 4.66. The highest BCUT2D eigenvalue weighted by Crippen LogP contribution is 2.24. The van der Waals surface area contributed by atoms with Crippen molar-refractivity contribution in [1.29, 1.82) is 0 Å². The Bertz CT molecular complexity index is 636. The number of aromatic amines is 1. The third kappa shape index (κ3) is 2.45. The Morgan fingerprint density at radius 3 is 2.70 bits per heavy atom. The number of hydrogen-bond acceptors (Lipinski definition) is 1. The molecule has 0 radical (unpaired) electrons. The summed E-state index contributed by atoms with van der Waals surface area (Å²) in [7, 11) is 0. The lowest BCUT2D eigenvalue weighted by Crippen LogP contribution is -2.36. The Morgan fingerprint density at radius 1 is 1.20 bits per heavy atom. The summed E-state index contributed by atoms with van der Waals surface area (Å²) in [5, 5.41) is 1.20. The van der Waals surface area contributed by atoms with Crippen LogP contribution in [0, 0.1) is 13.8 Å². The highest BCUT2D eigenvalue weighted by molar-refractivity contribution is 5.90. The minimum atomic E-state index is 0.273. The van der Waals surface area contributed by atoms with E-state index in [-0.39, 0.29) is 5.91 Å². The number of benzene rings is 1. The highest BCUT2D eigenvalue weighted by Gasteiger charge is 2.19. The molecule has 0 bridgehead atoms. The van der Waals surface area contributed by atoms with E-state index in [1.165, 1.54) is 22.9 Å². The number of piperidine rings is 1. The van der Waals surface area contributed by atoms with E-state index in [1.54, 1.807) is 0 Å². The summed E-state index contributed by atoms with van der Waals surface area (Å²) >= 11 is 0. The number of rotatable bonds is 2. The van der Waals surface area contributed by atoms with Crippen molar-refractivity contribution in [3.8, 4) is 0 Å². The Balaban J connectivity index is 1.88. The maximum absolute atomic E-state index is 12.5. The molecule has 2 heterocycles. The van der Waals surface area contributed by atoms with Crippen LogP contribution in [0.1, 0.15) is 36.1 Å². The molecule has 1 aliphatic heterocycles. The van der Waals surface area contributed by atoms with E-state index in [2.05, 4.69) is 37.0 Å². The number of carbonyl (C=O) groups is 1. The first-order valence-electron chi connectivity index (χ1n) is 7.51. The number of hydrogen-bond donors (Lipinski definition) is 1. The zero-order valence-electron chi connectivity index (χ0n) is 12.3. The molecule has 1 fully saturated rings. The molecule has 1 aromatic heterocycles. The number of fused-ring (bicyclic) bond motifs is 1. The van der Waals surface area contributed by atoms with Crippen LogP contribution in [0.2, 0.25) is 0 Å². The molecule has 1 saturated heterocycles. The van der Waals surface area contributed by atoms with E-state index in [0.29, 0.717) is 6.42 Å². The molecule has 1 aromatic carbocycles.